The number of nitrogens with zero attached hydrogens (tertiary/aromatic N) is 4. The number of rotatable bonds is 8. The van der Waals surface area contributed by atoms with Gasteiger partial charge in [-0.2, -0.15) is 4.80 Å². The van der Waals surface area contributed by atoms with Crippen LogP contribution in [0.3, 0.4) is 0 Å². The van der Waals surface area contributed by atoms with Crippen molar-refractivity contribution in [1.29, 1.82) is 0 Å². The van der Waals surface area contributed by atoms with E-state index in [1.54, 1.807) is 6.07 Å². The lowest BCUT2D eigenvalue weighted by molar-refractivity contribution is -0.136. The molecule has 0 saturated carbocycles. The fraction of sp³-hybridized carbons (Fsp3) is 0.304. The van der Waals surface area contributed by atoms with Crippen molar-refractivity contribution < 1.29 is 24.2 Å². The van der Waals surface area contributed by atoms with Gasteiger partial charge in [-0.25, -0.2) is 4.79 Å². The standard InChI is InChI=1S/C23H25N5O5/c1-4-33-16-7-5-15(6-8-16)28-25-19-11-14(2)18(12-20(19)26-28)24-21-17(23(31)32-3)13-27(9-10-29)22(21)30/h5-8,11-12,24,29H,4,9-10,13H2,1-3H3. The van der Waals surface area contributed by atoms with Gasteiger partial charge in [0, 0.05) is 12.2 Å². The van der Waals surface area contributed by atoms with E-state index in [1.807, 2.05) is 44.2 Å². The molecule has 1 aliphatic rings. The maximum absolute atomic E-state index is 12.8. The van der Waals surface area contributed by atoms with Crippen molar-refractivity contribution in [2.24, 2.45) is 0 Å². The zero-order valence-corrected chi connectivity index (χ0v) is 18.7. The van der Waals surface area contributed by atoms with E-state index in [4.69, 9.17) is 9.47 Å². The SMILES string of the molecule is CCOc1ccc(-n2nc3cc(C)c(NC4=C(C(=O)OC)CN(CCO)C4=O)cc3n2)cc1. The lowest BCUT2D eigenvalue weighted by atomic mass is 10.1. The van der Waals surface area contributed by atoms with Crippen LogP contribution in [0.4, 0.5) is 5.69 Å². The fourth-order valence-corrected chi connectivity index (χ4v) is 3.64. The molecule has 0 fully saturated rings. The highest BCUT2D eigenvalue weighted by molar-refractivity contribution is 6.08. The summed E-state index contributed by atoms with van der Waals surface area (Å²) in [5.41, 5.74) is 3.89. The molecule has 2 N–H and O–H groups in total. The number of ether oxygens (including phenoxy) is 2. The third-order valence-electron chi connectivity index (χ3n) is 5.32. The summed E-state index contributed by atoms with van der Waals surface area (Å²) < 4.78 is 10.3. The number of amides is 1. The Hall–Kier alpha value is -3.92. The highest BCUT2D eigenvalue weighted by Gasteiger charge is 2.34. The number of esters is 1. The van der Waals surface area contributed by atoms with Crippen molar-refractivity contribution in [3.8, 4) is 11.4 Å². The molecule has 0 radical (unpaired) electrons. The Balaban J connectivity index is 1.66. The zero-order valence-electron chi connectivity index (χ0n) is 18.7. The number of hydrogen-bond donors (Lipinski definition) is 2. The number of aromatic nitrogens is 3. The first-order chi connectivity index (χ1) is 15.9. The molecule has 0 bridgehead atoms. The van der Waals surface area contributed by atoms with Crippen molar-refractivity contribution >= 4 is 28.6 Å². The van der Waals surface area contributed by atoms with Gasteiger partial charge in [-0.3, -0.25) is 4.79 Å². The predicted octanol–water partition coefficient (Wildman–Crippen LogP) is 1.80. The first-order valence-electron chi connectivity index (χ1n) is 10.5. The molecule has 2 aromatic carbocycles. The molecule has 33 heavy (non-hydrogen) atoms. The second-order valence-electron chi connectivity index (χ2n) is 7.49. The van der Waals surface area contributed by atoms with Gasteiger partial charge in [-0.1, -0.05) is 0 Å². The Labute approximate surface area is 190 Å². The Kier molecular flexibility index (Phi) is 6.27. The van der Waals surface area contributed by atoms with Crippen LogP contribution < -0.4 is 10.1 Å². The van der Waals surface area contributed by atoms with Gasteiger partial charge in [0.25, 0.3) is 5.91 Å². The summed E-state index contributed by atoms with van der Waals surface area (Å²) in [6.45, 7) is 4.39. The Morgan fingerprint density at radius 2 is 1.88 bits per heavy atom. The minimum absolute atomic E-state index is 0.0730. The van der Waals surface area contributed by atoms with Gasteiger partial charge in [0.05, 0.1) is 38.1 Å². The lowest BCUT2D eigenvalue weighted by Crippen LogP contribution is -2.31. The summed E-state index contributed by atoms with van der Waals surface area (Å²) >= 11 is 0. The van der Waals surface area contributed by atoms with Crippen LogP contribution in [0.5, 0.6) is 5.75 Å². The number of benzene rings is 2. The third kappa shape index (κ3) is 4.37. The summed E-state index contributed by atoms with van der Waals surface area (Å²) in [4.78, 5) is 28.0. The number of aliphatic hydroxyl groups is 1. The quantitative estimate of drug-likeness (QED) is 0.498. The summed E-state index contributed by atoms with van der Waals surface area (Å²) in [6, 6.07) is 11.1. The van der Waals surface area contributed by atoms with E-state index in [0.29, 0.717) is 23.3 Å². The van der Waals surface area contributed by atoms with Crippen molar-refractivity contribution in [1.82, 2.24) is 19.9 Å². The number of carbonyl (C=O) groups is 2. The lowest BCUT2D eigenvalue weighted by Gasteiger charge is -2.15. The Bertz CT molecular complexity index is 1230. The Morgan fingerprint density at radius 3 is 2.52 bits per heavy atom. The highest BCUT2D eigenvalue weighted by Crippen LogP contribution is 2.27. The van der Waals surface area contributed by atoms with Gasteiger partial charge in [0.15, 0.2) is 0 Å². The summed E-state index contributed by atoms with van der Waals surface area (Å²) in [5.74, 6) is -0.195. The van der Waals surface area contributed by atoms with Crippen molar-refractivity contribution in [2.45, 2.75) is 13.8 Å². The van der Waals surface area contributed by atoms with Gasteiger partial charge in [-0.05, 0) is 55.8 Å². The van der Waals surface area contributed by atoms with Crippen LogP contribution in [0.25, 0.3) is 16.7 Å². The smallest absolute Gasteiger partial charge is 0.337 e. The molecular weight excluding hydrogens is 426 g/mol. The third-order valence-corrected chi connectivity index (χ3v) is 5.32. The van der Waals surface area contributed by atoms with Crippen LogP contribution in [-0.2, 0) is 14.3 Å². The predicted molar refractivity (Wildman–Crippen MR) is 121 cm³/mol. The van der Waals surface area contributed by atoms with E-state index >= 15 is 0 Å². The van der Waals surface area contributed by atoms with Crippen molar-refractivity contribution in [3.63, 3.8) is 0 Å². The van der Waals surface area contributed by atoms with Crippen LogP contribution in [0.15, 0.2) is 47.7 Å². The molecule has 4 rings (SSSR count). The minimum Gasteiger partial charge on any atom is -0.494 e. The molecule has 0 saturated heterocycles. The first kappa shape index (κ1) is 22.3. The number of methoxy groups -OCH3 is 1. The van der Waals surface area contributed by atoms with Crippen molar-refractivity contribution in [2.75, 3.05) is 38.7 Å². The largest absolute Gasteiger partial charge is 0.494 e. The van der Waals surface area contributed by atoms with E-state index in [9.17, 15) is 14.7 Å². The van der Waals surface area contributed by atoms with E-state index in [2.05, 4.69) is 15.5 Å². The average molecular weight is 451 g/mol. The number of carbonyl (C=O) groups excluding carboxylic acids is 2. The van der Waals surface area contributed by atoms with Crippen LogP contribution in [-0.4, -0.2) is 70.3 Å². The molecule has 172 valence electrons. The first-order valence-corrected chi connectivity index (χ1v) is 10.5. The highest BCUT2D eigenvalue weighted by atomic mass is 16.5. The normalized spacial score (nSPS) is 13.7. The number of aryl methyl sites for hydroxylation is 1. The van der Waals surface area contributed by atoms with E-state index in [0.717, 1.165) is 17.0 Å². The number of β-amino-alcohol motifs (C(OH)–C–C–N with tert-alkyl or cyclic N) is 1. The maximum Gasteiger partial charge on any atom is 0.337 e. The zero-order chi connectivity index (χ0) is 23.5. The van der Waals surface area contributed by atoms with Gasteiger partial charge < -0.3 is 24.8 Å². The van der Waals surface area contributed by atoms with Gasteiger partial charge >= 0.3 is 5.97 Å². The molecule has 3 aromatic rings. The molecule has 10 nitrogen and oxygen atoms in total. The van der Waals surface area contributed by atoms with Gasteiger partial charge in [-0.15, -0.1) is 10.2 Å². The Morgan fingerprint density at radius 1 is 1.18 bits per heavy atom. The summed E-state index contributed by atoms with van der Waals surface area (Å²) in [5, 5.41) is 21.4. The molecule has 2 heterocycles. The molecule has 0 aliphatic carbocycles. The second-order valence-corrected chi connectivity index (χ2v) is 7.49. The van der Waals surface area contributed by atoms with Crippen LogP contribution in [0.2, 0.25) is 0 Å². The van der Waals surface area contributed by atoms with E-state index in [-0.39, 0.29) is 36.9 Å². The van der Waals surface area contributed by atoms with Gasteiger partial charge in [0.2, 0.25) is 0 Å². The van der Waals surface area contributed by atoms with Crippen molar-refractivity contribution in [3.05, 3.63) is 53.2 Å². The van der Waals surface area contributed by atoms with Crippen LogP contribution >= 0.6 is 0 Å². The molecule has 10 heteroatoms. The van der Waals surface area contributed by atoms with E-state index in [1.165, 1.54) is 16.8 Å². The summed E-state index contributed by atoms with van der Waals surface area (Å²) in [7, 11) is 1.27. The fourth-order valence-electron chi connectivity index (χ4n) is 3.64. The van der Waals surface area contributed by atoms with Gasteiger partial charge in [0.1, 0.15) is 22.5 Å². The molecule has 1 aromatic heterocycles. The van der Waals surface area contributed by atoms with E-state index < -0.39 is 5.97 Å². The molecule has 0 spiro atoms. The molecular formula is C23H25N5O5. The second kappa shape index (κ2) is 9.29. The van der Waals surface area contributed by atoms with Crippen LogP contribution in [0, 0.1) is 6.92 Å². The number of hydrogen-bond acceptors (Lipinski definition) is 8. The maximum atomic E-state index is 12.8. The molecule has 1 aliphatic heterocycles. The number of nitrogens with one attached hydrogen (secondary N) is 1. The number of aliphatic hydroxyl groups excluding tert-OH is 1. The topological polar surface area (TPSA) is 119 Å². The average Bonchev–Trinajstić information content (AvgIpc) is 3.36. The monoisotopic (exact) mass is 451 g/mol. The molecule has 0 unspecified atom stereocenters. The number of anilines is 1. The molecule has 0 atom stereocenters. The number of fused-ring (bicyclic) bond motifs is 1. The molecule has 1 amide bonds. The van der Waals surface area contributed by atoms with Crippen LogP contribution in [0.1, 0.15) is 12.5 Å². The minimum atomic E-state index is -0.591. The summed E-state index contributed by atoms with van der Waals surface area (Å²) in [6.07, 6.45) is 0.